The van der Waals surface area contributed by atoms with Gasteiger partial charge in [0.15, 0.2) is 5.82 Å². The van der Waals surface area contributed by atoms with Crippen molar-refractivity contribution in [2.45, 2.75) is 55.8 Å². The quantitative estimate of drug-likeness (QED) is 0.158. The number of fused-ring (bicyclic) bond motifs is 5. The molecule has 3 saturated carbocycles. The zero-order valence-electron chi connectivity index (χ0n) is 27.0. The van der Waals surface area contributed by atoms with Crippen LogP contribution in [-0.2, 0) is 4.74 Å². The number of nitrogens with two attached hydrogens (primary N) is 1. The van der Waals surface area contributed by atoms with Gasteiger partial charge in [-0.05, 0) is 61.2 Å². The Morgan fingerprint density at radius 3 is 2.66 bits per heavy atom. The lowest BCUT2D eigenvalue weighted by molar-refractivity contribution is 0.0541. The normalized spacial score (nSPS) is 31.5. The molecule has 3 aliphatic heterocycles. The molecular weight excluding hydrogens is 655 g/mol. The Kier molecular flexibility index (Phi) is 6.07. The van der Waals surface area contributed by atoms with Crippen molar-refractivity contribution in [2.75, 3.05) is 50.1 Å². The van der Waals surface area contributed by atoms with E-state index < -0.39 is 40.7 Å². The maximum absolute atomic E-state index is 17.0. The highest BCUT2D eigenvalue weighted by Gasteiger charge is 2.82. The Labute approximate surface area is 284 Å². The van der Waals surface area contributed by atoms with Crippen molar-refractivity contribution in [2.24, 2.45) is 16.7 Å². The van der Waals surface area contributed by atoms with Crippen LogP contribution >= 0.6 is 0 Å². The molecule has 3 aliphatic carbocycles. The van der Waals surface area contributed by atoms with Crippen molar-refractivity contribution in [3.63, 3.8) is 0 Å². The number of halogens is 5. The van der Waals surface area contributed by atoms with Crippen LogP contribution in [-0.4, -0.2) is 83.0 Å². The topological polar surface area (TPSA) is 89.6 Å². The highest BCUT2D eigenvalue weighted by molar-refractivity contribution is 6.03. The molecular formula is C37H33F5N6O2. The van der Waals surface area contributed by atoms with E-state index in [0.717, 1.165) is 25.8 Å². The van der Waals surface area contributed by atoms with E-state index in [1.807, 2.05) is 0 Å². The third-order valence-corrected chi connectivity index (χ3v) is 12.7. The number of pyridine rings is 1. The number of nitrogen functional groups attached to an aromatic ring is 1. The summed E-state index contributed by atoms with van der Waals surface area (Å²) in [6.07, 6.45) is 8.95. The molecule has 0 bridgehead atoms. The Hall–Kier alpha value is -4.28. The third-order valence-electron chi connectivity index (χ3n) is 12.7. The summed E-state index contributed by atoms with van der Waals surface area (Å²) in [7, 11) is 0. The molecule has 2 spiro atoms. The van der Waals surface area contributed by atoms with E-state index >= 15 is 8.78 Å². The average Bonchev–Trinajstić information content (AvgIpc) is 4.02. The summed E-state index contributed by atoms with van der Waals surface area (Å²) in [5.74, 6) is -1.94. The van der Waals surface area contributed by atoms with Crippen molar-refractivity contribution in [3.8, 4) is 29.6 Å². The minimum absolute atomic E-state index is 0.0607. The van der Waals surface area contributed by atoms with Crippen LogP contribution in [0.4, 0.5) is 33.5 Å². The molecule has 2 aromatic heterocycles. The second kappa shape index (κ2) is 9.94. The predicted molar refractivity (Wildman–Crippen MR) is 176 cm³/mol. The van der Waals surface area contributed by atoms with Crippen molar-refractivity contribution < 1.29 is 31.4 Å². The Bertz CT molecular complexity index is 2190. The number of ether oxygens (including phenoxy) is 2. The lowest BCUT2D eigenvalue weighted by Crippen LogP contribution is -2.49. The number of benzene rings is 2. The molecule has 5 atom stereocenters. The number of rotatable bonds is 5. The fourth-order valence-corrected chi connectivity index (χ4v) is 9.70. The van der Waals surface area contributed by atoms with Crippen LogP contribution < -0.4 is 15.4 Å². The lowest BCUT2D eigenvalue weighted by Gasteiger charge is -2.37. The van der Waals surface area contributed by atoms with Crippen LogP contribution in [0.15, 0.2) is 30.5 Å². The van der Waals surface area contributed by atoms with Gasteiger partial charge in [0.1, 0.15) is 35.6 Å². The van der Waals surface area contributed by atoms with Crippen molar-refractivity contribution in [1.82, 2.24) is 19.9 Å². The van der Waals surface area contributed by atoms with Gasteiger partial charge < -0.3 is 20.1 Å². The van der Waals surface area contributed by atoms with Crippen LogP contribution in [0.1, 0.15) is 37.7 Å². The summed E-state index contributed by atoms with van der Waals surface area (Å²) in [6, 6.07) is 5.18. The van der Waals surface area contributed by atoms with Gasteiger partial charge in [-0.2, -0.15) is 9.97 Å². The van der Waals surface area contributed by atoms with Crippen LogP contribution in [0.5, 0.6) is 6.01 Å². The summed E-state index contributed by atoms with van der Waals surface area (Å²) in [5.41, 5.74) is 4.56. The second-order valence-corrected chi connectivity index (χ2v) is 15.2. The van der Waals surface area contributed by atoms with E-state index in [0.29, 0.717) is 37.2 Å². The molecule has 13 heteroatoms. The molecule has 10 rings (SSSR count). The molecule has 3 saturated heterocycles. The van der Waals surface area contributed by atoms with Gasteiger partial charge in [0.25, 0.3) is 5.92 Å². The molecule has 8 nitrogen and oxygen atoms in total. The number of terminal acetylenes is 1. The molecule has 5 heterocycles. The van der Waals surface area contributed by atoms with Gasteiger partial charge in [-0.15, -0.1) is 6.42 Å². The monoisotopic (exact) mass is 688 g/mol. The van der Waals surface area contributed by atoms with Crippen LogP contribution in [0.3, 0.4) is 0 Å². The fourth-order valence-electron chi connectivity index (χ4n) is 9.70. The summed E-state index contributed by atoms with van der Waals surface area (Å²) in [5, 5.41) is 1.00. The zero-order chi connectivity index (χ0) is 34.4. The summed E-state index contributed by atoms with van der Waals surface area (Å²) < 4.78 is 88.6. The van der Waals surface area contributed by atoms with Gasteiger partial charge in [0.2, 0.25) is 0 Å². The standard InChI is InChI=1S/C37H33F5N6O2/c1-2-21-25(38)4-3-19-11-20(43)12-22(26(19)21)29-28(40)30-23(13-44-29)32(48-9-10-49-14-24-27(39)31(24)48)46-33(45-30)50-18-36-15-35(16-37(35,41)42)17-47(36)8-7-34(36)5-6-34/h1,3-4,11-13,24,27,31H,5-10,14-18,43H2/t24-,27-,31-,35?,36-/m0/s1. The lowest BCUT2D eigenvalue weighted by atomic mass is 9.77. The number of hydrogen-bond acceptors (Lipinski definition) is 8. The molecule has 258 valence electrons. The summed E-state index contributed by atoms with van der Waals surface area (Å²) in [6.45, 7) is 1.97. The first-order valence-corrected chi connectivity index (χ1v) is 17.1. The van der Waals surface area contributed by atoms with Crippen LogP contribution in [0.2, 0.25) is 0 Å². The SMILES string of the molecule is C#Cc1c(F)ccc2cc(N)cc(-c3ncc4c(N5CCOC[C@H]6[C@H](F)[C@H]65)nc(OC[C@]56CC7(CN5CCC65CC5)CC7(F)F)nc4c3F)c12. The Balaban J connectivity index is 1.12. The fraction of sp³-hybridized carbons (Fsp3) is 0.486. The van der Waals surface area contributed by atoms with E-state index in [1.165, 1.54) is 24.4 Å². The summed E-state index contributed by atoms with van der Waals surface area (Å²) >= 11 is 0. The van der Waals surface area contributed by atoms with E-state index in [2.05, 4.69) is 20.8 Å². The second-order valence-electron chi connectivity index (χ2n) is 15.2. The smallest absolute Gasteiger partial charge is 0.319 e. The molecule has 2 aromatic carbocycles. The van der Waals surface area contributed by atoms with E-state index in [4.69, 9.17) is 26.6 Å². The van der Waals surface area contributed by atoms with Crippen molar-refractivity contribution >= 4 is 33.2 Å². The summed E-state index contributed by atoms with van der Waals surface area (Å²) in [4.78, 5) is 17.7. The van der Waals surface area contributed by atoms with Crippen LogP contribution in [0.25, 0.3) is 32.9 Å². The number of nitrogens with zero attached hydrogens (tertiary/aromatic N) is 5. The maximum Gasteiger partial charge on any atom is 0.319 e. The van der Waals surface area contributed by atoms with Gasteiger partial charge >= 0.3 is 6.01 Å². The van der Waals surface area contributed by atoms with E-state index in [9.17, 15) is 13.2 Å². The van der Waals surface area contributed by atoms with Gasteiger partial charge in [-0.25, -0.2) is 22.0 Å². The van der Waals surface area contributed by atoms with E-state index in [1.54, 1.807) is 11.0 Å². The van der Waals surface area contributed by atoms with Gasteiger partial charge in [0.05, 0.1) is 41.2 Å². The van der Waals surface area contributed by atoms with Crippen molar-refractivity contribution in [1.29, 1.82) is 0 Å². The van der Waals surface area contributed by atoms with Gasteiger partial charge in [-0.3, -0.25) is 9.88 Å². The first-order valence-electron chi connectivity index (χ1n) is 17.1. The number of hydrogen-bond donors (Lipinski definition) is 1. The molecule has 1 unspecified atom stereocenters. The minimum Gasteiger partial charge on any atom is -0.461 e. The molecule has 6 aliphatic rings. The highest BCUT2D eigenvalue weighted by atomic mass is 19.3. The Morgan fingerprint density at radius 1 is 1.08 bits per heavy atom. The number of anilines is 2. The Morgan fingerprint density at radius 2 is 1.90 bits per heavy atom. The van der Waals surface area contributed by atoms with E-state index in [-0.39, 0.29) is 75.9 Å². The largest absolute Gasteiger partial charge is 0.461 e. The first-order chi connectivity index (χ1) is 24.0. The van der Waals surface area contributed by atoms with Gasteiger partial charge in [-0.1, -0.05) is 12.0 Å². The number of alkyl halides is 3. The zero-order valence-corrected chi connectivity index (χ0v) is 27.0. The predicted octanol–water partition coefficient (Wildman–Crippen LogP) is 5.89. The van der Waals surface area contributed by atoms with Crippen molar-refractivity contribution in [3.05, 3.63) is 47.7 Å². The van der Waals surface area contributed by atoms with Crippen LogP contribution in [0, 0.1) is 40.7 Å². The molecule has 0 amide bonds. The molecule has 0 radical (unpaired) electrons. The maximum atomic E-state index is 17.0. The molecule has 4 aromatic rings. The first kappa shape index (κ1) is 30.5. The van der Waals surface area contributed by atoms with Gasteiger partial charge in [0, 0.05) is 48.3 Å². The molecule has 6 fully saturated rings. The minimum atomic E-state index is -2.70. The molecule has 50 heavy (non-hydrogen) atoms. The average molecular weight is 689 g/mol. The highest BCUT2D eigenvalue weighted by Crippen LogP contribution is 2.76. The third kappa shape index (κ3) is 4.03. The number of aromatic nitrogens is 3. The molecule has 2 N–H and O–H groups in total.